The fraction of sp³-hybridized carbons (Fsp3) is 0.375. The van der Waals surface area contributed by atoms with Crippen molar-refractivity contribution in [1.82, 2.24) is 0 Å². The van der Waals surface area contributed by atoms with Gasteiger partial charge in [0, 0.05) is 16.2 Å². The van der Waals surface area contributed by atoms with E-state index in [9.17, 15) is 0 Å². The minimum atomic E-state index is -0.0291. The molecule has 1 aromatic heterocycles. The summed E-state index contributed by atoms with van der Waals surface area (Å²) in [5.74, 6) is 1.02. The van der Waals surface area contributed by atoms with Crippen LogP contribution in [-0.4, -0.2) is 6.10 Å². The SMILES string of the molecule is Cc1cc(C(N)c2ccc3c(c2)CC(C)O3)sc1C. The molecule has 3 heteroatoms. The Balaban J connectivity index is 1.92. The molecule has 2 unspecified atom stereocenters. The number of rotatable bonds is 2. The maximum Gasteiger partial charge on any atom is 0.123 e. The van der Waals surface area contributed by atoms with Crippen LogP contribution >= 0.6 is 11.3 Å². The first kappa shape index (κ1) is 12.7. The van der Waals surface area contributed by atoms with Crippen LogP contribution in [0, 0.1) is 13.8 Å². The van der Waals surface area contributed by atoms with E-state index in [0.29, 0.717) is 0 Å². The Morgan fingerprint density at radius 3 is 2.79 bits per heavy atom. The molecule has 0 saturated carbocycles. The molecule has 1 aromatic carbocycles. The zero-order valence-corrected chi connectivity index (χ0v) is 12.4. The van der Waals surface area contributed by atoms with Gasteiger partial charge in [-0.3, -0.25) is 0 Å². The van der Waals surface area contributed by atoms with Gasteiger partial charge in [-0.2, -0.15) is 0 Å². The normalized spacial score (nSPS) is 19.1. The number of nitrogens with two attached hydrogens (primary N) is 1. The second kappa shape index (κ2) is 4.66. The van der Waals surface area contributed by atoms with Crippen molar-refractivity contribution in [3.8, 4) is 5.75 Å². The second-order valence-electron chi connectivity index (χ2n) is 5.37. The number of benzene rings is 1. The number of hydrogen-bond acceptors (Lipinski definition) is 3. The van der Waals surface area contributed by atoms with E-state index in [1.165, 1.54) is 26.4 Å². The van der Waals surface area contributed by atoms with Crippen LogP contribution < -0.4 is 10.5 Å². The van der Waals surface area contributed by atoms with Crippen molar-refractivity contribution in [2.75, 3.05) is 0 Å². The lowest BCUT2D eigenvalue weighted by Crippen LogP contribution is -2.10. The number of ether oxygens (including phenoxy) is 1. The molecule has 2 heterocycles. The third-order valence-electron chi connectivity index (χ3n) is 3.77. The van der Waals surface area contributed by atoms with Gasteiger partial charge < -0.3 is 10.5 Å². The summed E-state index contributed by atoms with van der Waals surface area (Å²) in [4.78, 5) is 2.59. The van der Waals surface area contributed by atoms with Gasteiger partial charge in [-0.15, -0.1) is 11.3 Å². The van der Waals surface area contributed by atoms with Gasteiger partial charge in [0.25, 0.3) is 0 Å². The third kappa shape index (κ3) is 2.28. The van der Waals surface area contributed by atoms with Crippen LogP contribution in [0.4, 0.5) is 0 Å². The van der Waals surface area contributed by atoms with E-state index >= 15 is 0 Å². The fourth-order valence-electron chi connectivity index (χ4n) is 2.55. The largest absolute Gasteiger partial charge is 0.490 e. The number of hydrogen-bond donors (Lipinski definition) is 1. The van der Waals surface area contributed by atoms with Crippen molar-refractivity contribution in [2.24, 2.45) is 5.73 Å². The van der Waals surface area contributed by atoms with Gasteiger partial charge in [0.05, 0.1) is 6.04 Å². The van der Waals surface area contributed by atoms with E-state index in [4.69, 9.17) is 10.5 Å². The van der Waals surface area contributed by atoms with E-state index in [1.54, 1.807) is 11.3 Å². The van der Waals surface area contributed by atoms with E-state index in [-0.39, 0.29) is 12.1 Å². The summed E-state index contributed by atoms with van der Waals surface area (Å²) in [5.41, 5.74) is 10.2. The Kier molecular flexibility index (Phi) is 3.11. The monoisotopic (exact) mass is 273 g/mol. The molecule has 100 valence electrons. The van der Waals surface area contributed by atoms with Crippen molar-refractivity contribution in [1.29, 1.82) is 0 Å². The number of fused-ring (bicyclic) bond motifs is 1. The maximum atomic E-state index is 6.40. The maximum absolute atomic E-state index is 6.40. The topological polar surface area (TPSA) is 35.2 Å². The van der Waals surface area contributed by atoms with Gasteiger partial charge in [-0.05, 0) is 49.6 Å². The first-order chi connectivity index (χ1) is 9.04. The van der Waals surface area contributed by atoms with Crippen LogP contribution in [0.25, 0.3) is 0 Å². The van der Waals surface area contributed by atoms with E-state index in [2.05, 4.69) is 45.0 Å². The van der Waals surface area contributed by atoms with Gasteiger partial charge in [-0.1, -0.05) is 12.1 Å². The predicted octanol–water partition coefficient (Wildman–Crippen LogP) is 3.74. The van der Waals surface area contributed by atoms with E-state index < -0.39 is 0 Å². The number of aryl methyl sites for hydroxylation is 2. The van der Waals surface area contributed by atoms with Crippen molar-refractivity contribution in [2.45, 2.75) is 39.3 Å². The smallest absolute Gasteiger partial charge is 0.123 e. The molecule has 3 rings (SSSR count). The van der Waals surface area contributed by atoms with Crippen LogP contribution in [0.5, 0.6) is 5.75 Å². The molecule has 19 heavy (non-hydrogen) atoms. The lowest BCUT2D eigenvalue weighted by Gasteiger charge is -2.11. The van der Waals surface area contributed by atoms with E-state index in [0.717, 1.165) is 12.2 Å². The average molecular weight is 273 g/mol. The molecular formula is C16H19NOS. The minimum absolute atomic E-state index is 0.0291. The molecule has 0 radical (unpaired) electrons. The molecule has 0 spiro atoms. The van der Waals surface area contributed by atoms with Crippen molar-refractivity contribution < 1.29 is 4.74 Å². The molecule has 0 bridgehead atoms. The van der Waals surface area contributed by atoms with Crippen LogP contribution in [0.3, 0.4) is 0 Å². The van der Waals surface area contributed by atoms with Gasteiger partial charge in [0.15, 0.2) is 0 Å². The van der Waals surface area contributed by atoms with Crippen LogP contribution in [0.15, 0.2) is 24.3 Å². The van der Waals surface area contributed by atoms with Gasteiger partial charge >= 0.3 is 0 Å². The molecular weight excluding hydrogens is 254 g/mol. The molecule has 0 amide bonds. The highest BCUT2D eigenvalue weighted by Crippen LogP contribution is 2.34. The van der Waals surface area contributed by atoms with Crippen LogP contribution in [-0.2, 0) is 6.42 Å². The lowest BCUT2D eigenvalue weighted by molar-refractivity contribution is 0.254. The van der Waals surface area contributed by atoms with Crippen molar-refractivity contribution in [3.05, 3.63) is 50.7 Å². The lowest BCUT2D eigenvalue weighted by atomic mass is 10.0. The van der Waals surface area contributed by atoms with Crippen molar-refractivity contribution in [3.63, 3.8) is 0 Å². The molecule has 0 aliphatic carbocycles. The Morgan fingerprint density at radius 1 is 1.32 bits per heavy atom. The number of thiophene rings is 1. The van der Waals surface area contributed by atoms with Gasteiger partial charge in [0.2, 0.25) is 0 Å². The molecule has 1 aliphatic heterocycles. The van der Waals surface area contributed by atoms with Crippen molar-refractivity contribution >= 4 is 11.3 Å². The molecule has 1 aliphatic rings. The fourth-order valence-corrected chi connectivity index (χ4v) is 3.63. The Morgan fingerprint density at radius 2 is 2.11 bits per heavy atom. The van der Waals surface area contributed by atoms with Gasteiger partial charge in [-0.25, -0.2) is 0 Å². The zero-order valence-electron chi connectivity index (χ0n) is 11.6. The van der Waals surface area contributed by atoms with Crippen LogP contribution in [0.1, 0.15) is 39.4 Å². The highest BCUT2D eigenvalue weighted by molar-refractivity contribution is 7.12. The minimum Gasteiger partial charge on any atom is -0.490 e. The summed E-state index contributed by atoms with van der Waals surface area (Å²) in [6, 6.07) is 8.52. The Labute approximate surface area is 118 Å². The average Bonchev–Trinajstić information content (AvgIpc) is 2.90. The first-order valence-corrected chi connectivity index (χ1v) is 7.48. The summed E-state index contributed by atoms with van der Waals surface area (Å²) < 4.78 is 5.73. The summed E-state index contributed by atoms with van der Waals surface area (Å²) in [7, 11) is 0. The summed E-state index contributed by atoms with van der Waals surface area (Å²) >= 11 is 1.79. The summed E-state index contributed by atoms with van der Waals surface area (Å²) in [5, 5.41) is 0. The quantitative estimate of drug-likeness (QED) is 0.904. The summed E-state index contributed by atoms with van der Waals surface area (Å²) in [6.07, 6.45) is 1.27. The standard InChI is InChI=1S/C16H19NOS/c1-9-6-15(19-11(9)3)16(17)12-4-5-14-13(8-12)7-10(2)18-14/h4-6,8,10,16H,7,17H2,1-3H3. The highest BCUT2D eigenvalue weighted by Gasteiger charge is 2.21. The third-order valence-corrected chi connectivity index (χ3v) is 5.01. The second-order valence-corrected chi connectivity index (χ2v) is 6.65. The predicted molar refractivity (Wildman–Crippen MR) is 80.1 cm³/mol. The van der Waals surface area contributed by atoms with Crippen LogP contribution in [0.2, 0.25) is 0 Å². The van der Waals surface area contributed by atoms with E-state index in [1.807, 2.05) is 0 Å². The first-order valence-electron chi connectivity index (χ1n) is 6.66. The molecule has 2 atom stereocenters. The molecule has 2 nitrogen and oxygen atoms in total. The molecule has 0 fully saturated rings. The zero-order chi connectivity index (χ0) is 13.6. The molecule has 0 saturated heterocycles. The molecule has 2 N–H and O–H groups in total. The summed E-state index contributed by atoms with van der Waals surface area (Å²) in [6.45, 7) is 6.39. The Bertz CT molecular complexity index is 598. The van der Waals surface area contributed by atoms with Gasteiger partial charge in [0.1, 0.15) is 11.9 Å². The Hall–Kier alpha value is -1.32. The highest BCUT2D eigenvalue weighted by atomic mass is 32.1. The molecule has 2 aromatic rings.